The van der Waals surface area contributed by atoms with Gasteiger partial charge in [0.05, 0.1) is 151 Å². The van der Waals surface area contributed by atoms with Gasteiger partial charge in [-0.1, -0.05) is 102 Å². The van der Waals surface area contributed by atoms with E-state index in [1.165, 1.54) is 70.6 Å². The predicted molar refractivity (Wildman–Crippen MR) is 237 cm³/mol. The molecule has 62 heavy (non-hydrogen) atoms. The highest BCUT2D eigenvalue weighted by Crippen LogP contribution is 2.13. The van der Waals surface area contributed by atoms with Crippen molar-refractivity contribution in [3.63, 3.8) is 0 Å². The van der Waals surface area contributed by atoms with Crippen LogP contribution in [0.1, 0.15) is 107 Å². The molecular formula is C47H84O15. The number of esters is 2. The zero-order valence-corrected chi connectivity index (χ0v) is 38.4. The van der Waals surface area contributed by atoms with Crippen molar-refractivity contribution in [2.45, 2.75) is 96.8 Å². The van der Waals surface area contributed by atoms with E-state index in [4.69, 9.17) is 61.6 Å². The summed E-state index contributed by atoms with van der Waals surface area (Å²) in [6, 6.07) is 8.85. The van der Waals surface area contributed by atoms with Crippen LogP contribution in [-0.4, -0.2) is 171 Å². The number of carbonyl (C=O) groups is 2. The molecule has 0 saturated heterocycles. The highest BCUT2D eigenvalue weighted by atomic mass is 16.6. The fourth-order valence-corrected chi connectivity index (χ4v) is 5.73. The van der Waals surface area contributed by atoms with E-state index in [1.807, 2.05) is 6.07 Å². The summed E-state index contributed by atoms with van der Waals surface area (Å²) >= 11 is 0. The molecule has 0 fully saturated rings. The topological polar surface area (TPSA) is 154 Å². The van der Waals surface area contributed by atoms with Gasteiger partial charge in [-0.15, -0.1) is 0 Å². The Morgan fingerprint density at radius 1 is 0.323 bits per heavy atom. The van der Waals surface area contributed by atoms with Crippen LogP contribution in [-0.2, 0) is 66.4 Å². The Kier molecular flexibility index (Phi) is 46.3. The van der Waals surface area contributed by atoms with Crippen LogP contribution in [0.5, 0.6) is 0 Å². The SMILES string of the molecule is CCCCCCCCCCCCCCCC(=O)OCCOCCOCCOCCOCCOCCOCCOCCOCCOCCOCCOCCOC(=O)c1ccccc1. The summed E-state index contributed by atoms with van der Waals surface area (Å²) in [4.78, 5) is 23.7. The van der Waals surface area contributed by atoms with Crippen LogP contribution in [0.25, 0.3) is 0 Å². The van der Waals surface area contributed by atoms with Crippen molar-refractivity contribution >= 4 is 11.9 Å². The average Bonchev–Trinajstić information content (AvgIpc) is 3.29. The van der Waals surface area contributed by atoms with Crippen LogP contribution in [0.15, 0.2) is 30.3 Å². The van der Waals surface area contributed by atoms with Crippen LogP contribution in [0.3, 0.4) is 0 Å². The zero-order chi connectivity index (χ0) is 44.3. The average molecular weight is 889 g/mol. The van der Waals surface area contributed by atoms with Gasteiger partial charge in [0.25, 0.3) is 0 Å². The van der Waals surface area contributed by atoms with E-state index < -0.39 is 0 Å². The lowest BCUT2D eigenvalue weighted by Crippen LogP contribution is -2.16. The number of rotatable bonds is 51. The molecule has 1 rings (SSSR count). The fraction of sp³-hybridized carbons (Fsp3) is 0.830. The Bertz CT molecular complexity index is 1050. The highest BCUT2D eigenvalue weighted by Gasteiger charge is 2.06. The summed E-state index contributed by atoms with van der Waals surface area (Å²) in [5, 5.41) is 0. The molecule has 0 bridgehead atoms. The van der Waals surface area contributed by atoms with Crippen LogP contribution >= 0.6 is 0 Å². The third-order valence-corrected chi connectivity index (χ3v) is 9.17. The number of hydrogen-bond donors (Lipinski definition) is 0. The van der Waals surface area contributed by atoms with Crippen molar-refractivity contribution < 1.29 is 71.2 Å². The lowest BCUT2D eigenvalue weighted by atomic mass is 10.0. The van der Waals surface area contributed by atoms with Gasteiger partial charge in [-0.2, -0.15) is 0 Å². The largest absolute Gasteiger partial charge is 0.463 e. The first-order chi connectivity index (χ1) is 30.7. The molecule has 0 amide bonds. The minimum absolute atomic E-state index is 0.136. The summed E-state index contributed by atoms with van der Waals surface area (Å²) in [5.41, 5.74) is 0.523. The second-order valence-corrected chi connectivity index (χ2v) is 14.5. The molecule has 0 atom stereocenters. The van der Waals surface area contributed by atoms with E-state index in [2.05, 4.69) is 6.92 Å². The Labute approximate surface area is 373 Å². The molecule has 1 aromatic rings. The summed E-state index contributed by atoms with van der Waals surface area (Å²) in [6.07, 6.45) is 17.3. The Hall–Kier alpha value is -2.28. The summed E-state index contributed by atoms with van der Waals surface area (Å²) < 4.78 is 70.7. The normalized spacial score (nSPS) is 11.4. The molecule has 0 unspecified atom stereocenters. The molecule has 0 heterocycles. The molecule has 15 nitrogen and oxygen atoms in total. The molecule has 15 heteroatoms. The van der Waals surface area contributed by atoms with Crippen LogP contribution in [0, 0.1) is 0 Å². The molecule has 362 valence electrons. The smallest absolute Gasteiger partial charge is 0.338 e. The summed E-state index contributed by atoms with van der Waals surface area (Å²) in [5.74, 6) is -0.495. The molecule has 0 saturated carbocycles. The summed E-state index contributed by atoms with van der Waals surface area (Å²) in [6.45, 7) is 12.9. The molecule has 0 radical (unpaired) electrons. The van der Waals surface area contributed by atoms with Crippen molar-refractivity contribution in [1.29, 1.82) is 0 Å². The monoisotopic (exact) mass is 889 g/mol. The van der Waals surface area contributed by atoms with Gasteiger partial charge in [-0.3, -0.25) is 4.79 Å². The standard InChI is InChI=1S/C47H84O15/c1-2-3-4-5-6-7-8-9-10-11-12-13-17-20-46(48)61-43-41-59-39-37-57-35-33-55-31-29-53-27-25-51-23-21-50-22-24-52-26-28-54-30-32-56-34-36-58-38-40-60-42-44-62-47(49)45-18-15-14-16-19-45/h14-16,18-19H,2-13,17,20-44H2,1H3. The first-order valence-electron chi connectivity index (χ1n) is 23.5. The van der Waals surface area contributed by atoms with E-state index in [1.54, 1.807) is 24.3 Å². The maximum Gasteiger partial charge on any atom is 0.338 e. The second kappa shape index (κ2) is 49.7. The summed E-state index contributed by atoms with van der Waals surface area (Å²) in [7, 11) is 0. The lowest BCUT2D eigenvalue weighted by Gasteiger charge is -2.09. The predicted octanol–water partition coefficient (Wildman–Crippen LogP) is 7.05. The van der Waals surface area contributed by atoms with Crippen molar-refractivity contribution in [2.24, 2.45) is 0 Å². The first kappa shape index (κ1) is 57.7. The van der Waals surface area contributed by atoms with E-state index in [9.17, 15) is 9.59 Å². The van der Waals surface area contributed by atoms with Gasteiger partial charge in [-0.25, -0.2) is 4.79 Å². The Morgan fingerprint density at radius 3 is 0.887 bits per heavy atom. The minimum Gasteiger partial charge on any atom is -0.463 e. The third-order valence-electron chi connectivity index (χ3n) is 9.17. The molecule has 0 N–H and O–H groups in total. The van der Waals surface area contributed by atoms with E-state index >= 15 is 0 Å². The highest BCUT2D eigenvalue weighted by molar-refractivity contribution is 5.89. The first-order valence-corrected chi connectivity index (χ1v) is 23.5. The number of carbonyl (C=O) groups excluding carboxylic acids is 2. The third kappa shape index (κ3) is 44.3. The molecule has 0 aliphatic heterocycles. The fourth-order valence-electron chi connectivity index (χ4n) is 5.73. The van der Waals surface area contributed by atoms with Crippen molar-refractivity contribution in [3.8, 4) is 0 Å². The van der Waals surface area contributed by atoms with Crippen molar-refractivity contribution in [2.75, 3.05) is 159 Å². The van der Waals surface area contributed by atoms with Gasteiger partial charge < -0.3 is 61.6 Å². The number of hydrogen-bond acceptors (Lipinski definition) is 15. The quantitative estimate of drug-likeness (QED) is 0.0485. The lowest BCUT2D eigenvalue weighted by molar-refractivity contribution is -0.145. The van der Waals surface area contributed by atoms with Gasteiger partial charge in [-0.05, 0) is 18.6 Å². The molecule has 0 aliphatic rings. The number of unbranched alkanes of at least 4 members (excludes halogenated alkanes) is 12. The molecule has 0 spiro atoms. The Balaban J connectivity index is 1.63. The molecular weight excluding hydrogens is 805 g/mol. The van der Waals surface area contributed by atoms with Gasteiger partial charge in [0, 0.05) is 6.42 Å². The number of benzene rings is 1. The maximum absolute atomic E-state index is 11.9. The molecule has 0 aromatic heterocycles. The molecule has 1 aromatic carbocycles. The van der Waals surface area contributed by atoms with Gasteiger partial charge in [0.1, 0.15) is 13.2 Å². The van der Waals surface area contributed by atoms with Gasteiger partial charge in [0.2, 0.25) is 0 Å². The van der Waals surface area contributed by atoms with Crippen molar-refractivity contribution in [1.82, 2.24) is 0 Å². The minimum atomic E-state index is -0.359. The van der Waals surface area contributed by atoms with Crippen molar-refractivity contribution in [3.05, 3.63) is 35.9 Å². The van der Waals surface area contributed by atoms with Crippen LogP contribution in [0.2, 0.25) is 0 Å². The van der Waals surface area contributed by atoms with E-state index in [0.717, 1.165) is 12.8 Å². The molecule has 0 aliphatic carbocycles. The van der Waals surface area contributed by atoms with E-state index in [0.29, 0.717) is 157 Å². The second-order valence-electron chi connectivity index (χ2n) is 14.5. The van der Waals surface area contributed by atoms with Gasteiger partial charge in [0.15, 0.2) is 0 Å². The van der Waals surface area contributed by atoms with Gasteiger partial charge >= 0.3 is 11.9 Å². The zero-order valence-electron chi connectivity index (χ0n) is 38.4. The van der Waals surface area contributed by atoms with Crippen LogP contribution in [0.4, 0.5) is 0 Å². The number of ether oxygens (including phenoxy) is 13. The maximum atomic E-state index is 11.9. The van der Waals surface area contributed by atoms with Crippen LogP contribution < -0.4 is 0 Å². The Morgan fingerprint density at radius 2 is 0.581 bits per heavy atom. The van der Waals surface area contributed by atoms with E-state index in [-0.39, 0.29) is 25.2 Å².